The Hall–Kier alpha value is -3.19. The first-order chi connectivity index (χ1) is 11.3. The third kappa shape index (κ3) is 1.91. The summed E-state index contributed by atoms with van der Waals surface area (Å²) < 4.78 is 13.6. The van der Waals surface area contributed by atoms with Gasteiger partial charge in [-0.2, -0.15) is 5.26 Å². The lowest BCUT2D eigenvalue weighted by Crippen LogP contribution is -1.97. The summed E-state index contributed by atoms with van der Waals surface area (Å²) >= 11 is 0. The largest absolute Gasteiger partial charge is 0.487 e. The lowest BCUT2D eigenvalue weighted by molar-refractivity contribution is 0.336. The Morgan fingerprint density at radius 3 is 2.57 bits per heavy atom. The fourth-order valence-electron chi connectivity index (χ4n) is 2.97. The van der Waals surface area contributed by atoms with E-state index in [0.717, 1.165) is 22.1 Å². The number of nitriles is 1. The number of rotatable bonds is 3. The normalized spacial score (nSPS) is 11.0. The van der Waals surface area contributed by atoms with Gasteiger partial charge < -0.3 is 13.7 Å². The first-order valence-corrected chi connectivity index (χ1v) is 7.49. The van der Waals surface area contributed by atoms with E-state index in [2.05, 4.69) is 10.6 Å². The second kappa shape index (κ2) is 5.22. The van der Waals surface area contributed by atoms with Gasteiger partial charge in [0, 0.05) is 11.1 Å². The second-order valence-electron chi connectivity index (χ2n) is 5.17. The van der Waals surface area contributed by atoms with Crippen LogP contribution in [0.3, 0.4) is 0 Å². The summed E-state index contributed by atoms with van der Waals surface area (Å²) in [6.45, 7) is 2.37. The zero-order valence-electron chi connectivity index (χ0n) is 12.6. The predicted molar refractivity (Wildman–Crippen MR) is 88.9 cm³/mol. The number of aromatic nitrogens is 1. The molecule has 0 radical (unpaired) electrons. The minimum atomic E-state index is 0.215. The quantitative estimate of drug-likeness (QED) is 0.553. The molecule has 2 aromatic heterocycles. The van der Waals surface area contributed by atoms with Crippen LogP contribution in [0.25, 0.3) is 27.7 Å². The number of hydrogen-bond acceptors (Lipinski definition) is 3. The third-order valence-corrected chi connectivity index (χ3v) is 3.86. The lowest BCUT2D eigenvalue weighted by atomic mass is 10.2. The molecule has 4 heteroatoms. The molecule has 0 aliphatic heterocycles. The zero-order valence-corrected chi connectivity index (χ0v) is 12.6. The average molecular weight is 302 g/mol. The second-order valence-corrected chi connectivity index (χ2v) is 5.17. The standard InChI is InChI=1S/C19H14N2O2/c1-2-22-19-16(12-20)23-18-14-10-6-7-11-15(14)21(17(18)19)13-8-4-3-5-9-13/h3-11H,2H2,1H3. The molecule has 0 N–H and O–H groups in total. The number of furan rings is 1. The van der Waals surface area contributed by atoms with Crippen LogP contribution in [0, 0.1) is 11.3 Å². The summed E-state index contributed by atoms with van der Waals surface area (Å²) in [5.74, 6) is 0.720. The van der Waals surface area contributed by atoms with Crippen molar-refractivity contribution >= 4 is 22.0 Å². The molecular weight excluding hydrogens is 288 g/mol. The van der Waals surface area contributed by atoms with Gasteiger partial charge in [-0.25, -0.2) is 0 Å². The van der Waals surface area contributed by atoms with Crippen LogP contribution in [0.15, 0.2) is 59.0 Å². The summed E-state index contributed by atoms with van der Waals surface area (Å²) in [7, 11) is 0. The lowest BCUT2D eigenvalue weighted by Gasteiger charge is -2.08. The zero-order chi connectivity index (χ0) is 15.8. The fourth-order valence-corrected chi connectivity index (χ4v) is 2.97. The van der Waals surface area contributed by atoms with Gasteiger partial charge in [0.15, 0.2) is 5.58 Å². The third-order valence-electron chi connectivity index (χ3n) is 3.86. The van der Waals surface area contributed by atoms with Gasteiger partial charge in [0.1, 0.15) is 11.6 Å². The number of ether oxygens (including phenoxy) is 1. The van der Waals surface area contributed by atoms with Crippen molar-refractivity contribution in [3.8, 4) is 17.5 Å². The number of fused-ring (bicyclic) bond motifs is 3. The van der Waals surface area contributed by atoms with Crippen molar-refractivity contribution in [3.63, 3.8) is 0 Å². The van der Waals surface area contributed by atoms with Gasteiger partial charge >= 0.3 is 0 Å². The van der Waals surface area contributed by atoms with Gasteiger partial charge in [0.05, 0.1) is 12.1 Å². The summed E-state index contributed by atoms with van der Waals surface area (Å²) in [6.07, 6.45) is 0. The SMILES string of the molecule is CCOc1c(C#N)oc2c3ccccc3n(-c3ccccc3)c12. The van der Waals surface area contributed by atoms with Gasteiger partial charge in [0.2, 0.25) is 11.5 Å². The highest BCUT2D eigenvalue weighted by atomic mass is 16.5. The van der Waals surface area contributed by atoms with Crippen molar-refractivity contribution in [2.24, 2.45) is 0 Å². The van der Waals surface area contributed by atoms with Gasteiger partial charge in [-0.15, -0.1) is 0 Å². The molecule has 0 atom stereocenters. The summed E-state index contributed by atoms with van der Waals surface area (Å²) in [6, 6.07) is 20.1. The summed E-state index contributed by atoms with van der Waals surface area (Å²) in [5.41, 5.74) is 3.52. The van der Waals surface area contributed by atoms with Crippen LogP contribution in [0.4, 0.5) is 0 Å². The van der Waals surface area contributed by atoms with Crippen LogP contribution in [0.2, 0.25) is 0 Å². The molecule has 4 rings (SSSR count). The van der Waals surface area contributed by atoms with Crippen molar-refractivity contribution in [2.45, 2.75) is 6.92 Å². The molecule has 0 saturated heterocycles. The Bertz CT molecular complexity index is 1040. The monoisotopic (exact) mass is 302 g/mol. The van der Waals surface area contributed by atoms with E-state index in [9.17, 15) is 5.26 Å². The Balaban J connectivity index is 2.20. The molecule has 0 spiro atoms. The van der Waals surface area contributed by atoms with E-state index in [1.165, 1.54) is 0 Å². The molecule has 4 aromatic rings. The topological polar surface area (TPSA) is 51.1 Å². The minimum Gasteiger partial charge on any atom is -0.487 e. The van der Waals surface area contributed by atoms with Crippen molar-refractivity contribution in [2.75, 3.05) is 6.61 Å². The summed E-state index contributed by atoms with van der Waals surface area (Å²) in [4.78, 5) is 0. The van der Waals surface area contributed by atoms with Crippen LogP contribution in [-0.4, -0.2) is 11.2 Å². The molecular formula is C19H14N2O2. The molecule has 0 saturated carbocycles. The molecule has 2 heterocycles. The Morgan fingerprint density at radius 1 is 1.09 bits per heavy atom. The van der Waals surface area contributed by atoms with E-state index in [0.29, 0.717) is 17.9 Å². The van der Waals surface area contributed by atoms with Crippen molar-refractivity contribution < 1.29 is 9.15 Å². The minimum absolute atomic E-state index is 0.215. The number of para-hydroxylation sites is 2. The van der Waals surface area contributed by atoms with Crippen LogP contribution in [-0.2, 0) is 0 Å². The molecule has 0 aliphatic carbocycles. The smallest absolute Gasteiger partial charge is 0.248 e. The maximum atomic E-state index is 9.36. The molecule has 2 aromatic carbocycles. The van der Waals surface area contributed by atoms with Gasteiger partial charge in [-0.3, -0.25) is 0 Å². The summed E-state index contributed by atoms with van der Waals surface area (Å²) in [5, 5.41) is 10.3. The van der Waals surface area contributed by atoms with E-state index in [-0.39, 0.29) is 5.76 Å². The van der Waals surface area contributed by atoms with E-state index < -0.39 is 0 Å². The molecule has 0 aliphatic rings. The van der Waals surface area contributed by atoms with Crippen molar-refractivity contribution in [3.05, 3.63) is 60.4 Å². The number of hydrogen-bond donors (Lipinski definition) is 0. The maximum absolute atomic E-state index is 9.36. The molecule has 112 valence electrons. The Labute approximate surface area is 133 Å². The highest BCUT2D eigenvalue weighted by Gasteiger charge is 2.24. The highest BCUT2D eigenvalue weighted by Crippen LogP contribution is 2.41. The Kier molecular flexibility index (Phi) is 3.06. The van der Waals surface area contributed by atoms with E-state index in [4.69, 9.17) is 9.15 Å². The van der Waals surface area contributed by atoms with Crippen LogP contribution >= 0.6 is 0 Å². The molecule has 4 nitrogen and oxygen atoms in total. The maximum Gasteiger partial charge on any atom is 0.248 e. The molecule has 0 amide bonds. The van der Waals surface area contributed by atoms with E-state index in [1.54, 1.807) is 0 Å². The first-order valence-electron chi connectivity index (χ1n) is 7.49. The predicted octanol–water partition coefficient (Wildman–Crippen LogP) is 4.65. The molecule has 0 fully saturated rings. The highest BCUT2D eigenvalue weighted by molar-refractivity contribution is 6.09. The van der Waals surface area contributed by atoms with Crippen LogP contribution in [0.1, 0.15) is 12.7 Å². The first kappa shape index (κ1) is 13.5. The van der Waals surface area contributed by atoms with Crippen molar-refractivity contribution in [1.29, 1.82) is 5.26 Å². The van der Waals surface area contributed by atoms with Crippen LogP contribution < -0.4 is 4.74 Å². The molecule has 23 heavy (non-hydrogen) atoms. The van der Waals surface area contributed by atoms with Crippen molar-refractivity contribution in [1.82, 2.24) is 4.57 Å². The van der Waals surface area contributed by atoms with Gasteiger partial charge in [-0.05, 0) is 31.2 Å². The average Bonchev–Trinajstić information content (AvgIpc) is 3.11. The van der Waals surface area contributed by atoms with Gasteiger partial charge in [-0.1, -0.05) is 30.3 Å². The molecule has 0 bridgehead atoms. The van der Waals surface area contributed by atoms with Crippen LogP contribution in [0.5, 0.6) is 5.75 Å². The fraction of sp³-hybridized carbons (Fsp3) is 0.105. The van der Waals surface area contributed by atoms with E-state index in [1.807, 2.05) is 61.5 Å². The van der Waals surface area contributed by atoms with E-state index >= 15 is 0 Å². The number of nitrogens with zero attached hydrogens (tertiary/aromatic N) is 2. The molecule has 0 unspecified atom stereocenters. The van der Waals surface area contributed by atoms with Gasteiger partial charge in [0.25, 0.3) is 0 Å². The number of benzene rings is 2. The Morgan fingerprint density at radius 2 is 1.83 bits per heavy atom.